The van der Waals surface area contributed by atoms with E-state index in [1.807, 2.05) is 13.8 Å². The summed E-state index contributed by atoms with van der Waals surface area (Å²) in [7, 11) is 3.35. The minimum Gasteiger partial charge on any atom is -0.382 e. The molecule has 0 fully saturated rings. The summed E-state index contributed by atoms with van der Waals surface area (Å²) < 4.78 is 5.00. The molecule has 0 aromatic carbocycles. The summed E-state index contributed by atoms with van der Waals surface area (Å²) in [5, 5.41) is 1.68. The molecule has 6 heteroatoms. The van der Waals surface area contributed by atoms with Crippen LogP contribution < -0.4 is 10.9 Å². The molecule has 1 atom stereocenters. The Hall–Kier alpha value is -0.240. The molecule has 0 heterocycles. The molecule has 15 heavy (non-hydrogen) atoms. The second kappa shape index (κ2) is 10.3. The van der Waals surface area contributed by atoms with Crippen LogP contribution in [0.5, 0.6) is 0 Å². The predicted octanol–water partition coefficient (Wildman–Crippen LogP) is -0.0696. The Morgan fingerprint density at radius 2 is 2.00 bits per heavy atom. The Morgan fingerprint density at radius 3 is 2.47 bits per heavy atom. The largest absolute Gasteiger partial charge is 0.382 e. The lowest BCUT2D eigenvalue weighted by atomic mass is 10.4. The lowest BCUT2D eigenvalue weighted by molar-refractivity contribution is -0.222. The van der Waals surface area contributed by atoms with E-state index >= 15 is 0 Å². The van der Waals surface area contributed by atoms with Crippen LogP contribution in [0.2, 0.25) is 0 Å². The van der Waals surface area contributed by atoms with Crippen molar-refractivity contribution in [1.82, 2.24) is 16.1 Å². The molecule has 0 spiro atoms. The van der Waals surface area contributed by atoms with Gasteiger partial charge in [0.05, 0.1) is 6.61 Å². The fourth-order valence-corrected chi connectivity index (χ4v) is 1.07. The number of nitrogens with zero attached hydrogens (tertiary/aromatic N) is 1. The number of methoxy groups -OCH3 is 1. The van der Waals surface area contributed by atoms with Crippen molar-refractivity contribution in [3.05, 3.63) is 0 Å². The average Bonchev–Trinajstić information content (AvgIpc) is 2.24. The Balaban J connectivity index is 3.73. The van der Waals surface area contributed by atoms with Gasteiger partial charge < -0.3 is 4.74 Å². The van der Waals surface area contributed by atoms with Crippen LogP contribution in [-0.4, -0.2) is 51.7 Å². The van der Waals surface area contributed by atoms with E-state index in [9.17, 15) is 0 Å². The lowest BCUT2D eigenvalue weighted by Gasteiger charge is -2.23. The minimum atomic E-state index is -0.118. The first-order valence-electron chi connectivity index (χ1n) is 5.23. The standard InChI is InChI=1S/C9H23N3O3/c1-5-11-12(6-2)14-8-9(7-13-4)15-10-3/h9-11H,5-8H2,1-4H3. The zero-order valence-corrected chi connectivity index (χ0v) is 10.1. The SMILES string of the molecule is CCNN(CC)OCC(COC)ONC. The van der Waals surface area contributed by atoms with E-state index in [1.54, 1.807) is 19.3 Å². The molecule has 0 aromatic heterocycles. The lowest BCUT2D eigenvalue weighted by Crippen LogP contribution is -2.41. The number of hydrogen-bond donors (Lipinski definition) is 2. The summed E-state index contributed by atoms with van der Waals surface area (Å²) in [6.07, 6.45) is -0.118. The van der Waals surface area contributed by atoms with Gasteiger partial charge in [-0.3, -0.25) is 9.68 Å². The van der Waals surface area contributed by atoms with Crippen molar-refractivity contribution in [1.29, 1.82) is 0 Å². The van der Waals surface area contributed by atoms with Crippen LogP contribution in [0, 0.1) is 0 Å². The highest BCUT2D eigenvalue weighted by atomic mass is 16.7. The van der Waals surface area contributed by atoms with Gasteiger partial charge in [0.15, 0.2) is 0 Å². The maximum atomic E-state index is 5.48. The Labute approximate surface area is 91.7 Å². The summed E-state index contributed by atoms with van der Waals surface area (Å²) in [6.45, 7) is 6.55. The molecule has 0 aliphatic heterocycles. The van der Waals surface area contributed by atoms with Crippen molar-refractivity contribution >= 4 is 0 Å². The fraction of sp³-hybridized carbons (Fsp3) is 1.00. The molecule has 0 saturated heterocycles. The molecule has 2 N–H and O–H groups in total. The summed E-state index contributed by atoms with van der Waals surface area (Å²) in [4.78, 5) is 10.7. The number of hydroxylamine groups is 2. The van der Waals surface area contributed by atoms with E-state index in [2.05, 4.69) is 10.9 Å². The summed E-state index contributed by atoms with van der Waals surface area (Å²) in [6, 6.07) is 0. The summed E-state index contributed by atoms with van der Waals surface area (Å²) >= 11 is 0. The van der Waals surface area contributed by atoms with Crippen molar-refractivity contribution in [2.45, 2.75) is 20.0 Å². The van der Waals surface area contributed by atoms with Gasteiger partial charge in [0, 0.05) is 27.2 Å². The molecule has 0 aromatic rings. The highest BCUT2D eigenvalue weighted by Gasteiger charge is 2.11. The quantitative estimate of drug-likeness (QED) is 0.504. The summed E-state index contributed by atoms with van der Waals surface area (Å²) in [5.41, 5.74) is 5.69. The highest BCUT2D eigenvalue weighted by molar-refractivity contribution is 4.52. The van der Waals surface area contributed by atoms with Crippen molar-refractivity contribution in [3.63, 3.8) is 0 Å². The first kappa shape index (κ1) is 14.8. The Bertz CT molecular complexity index is 132. The fourth-order valence-electron chi connectivity index (χ4n) is 1.07. The Morgan fingerprint density at radius 1 is 1.27 bits per heavy atom. The summed E-state index contributed by atoms with van der Waals surface area (Å²) in [5.74, 6) is 0. The van der Waals surface area contributed by atoms with E-state index in [4.69, 9.17) is 14.4 Å². The first-order chi connectivity index (χ1) is 7.28. The second-order valence-corrected chi connectivity index (χ2v) is 2.90. The van der Waals surface area contributed by atoms with Gasteiger partial charge in [-0.25, -0.2) is 10.9 Å². The van der Waals surface area contributed by atoms with E-state index in [0.717, 1.165) is 13.1 Å². The van der Waals surface area contributed by atoms with Gasteiger partial charge in [-0.05, 0) is 6.92 Å². The maximum Gasteiger partial charge on any atom is 0.128 e. The van der Waals surface area contributed by atoms with Crippen molar-refractivity contribution < 1.29 is 14.4 Å². The molecule has 92 valence electrons. The zero-order valence-electron chi connectivity index (χ0n) is 10.1. The van der Waals surface area contributed by atoms with Crippen LogP contribution in [-0.2, 0) is 14.4 Å². The molecule has 6 nitrogen and oxygen atoms in total. The number of ether oxygens (including phenoxy) is 1. The third-order valence-electron chi connectivity index (χ3n) is 1.68. The highest BCUT2D eigenvalue weighted by Crippen LogP contribution is 1.94. The zero-order chi connectivity index (χ0) is 11.5. The predicted molar refractivity (Wildman–Crippen MR) is 57.8 cm³/mol. The van der Waals surface area contributed by atoms with Crippen LogP contribution in [0.15, 0.2) is 0 Å². The molecule has 1 unspecified atom stereocenters. The molecule has 0 bridgehead atoms. The van der Waals surface area contributed by atoms with Crippen LogP contribution >= 0.6 is 0 Å². The van der Waals surface area contributed by atoms with E-state index in [1.165, 1.54) is 0 Å². The third-order valence-corrected chi connectivity index (χ3v) is 1.68. The van der Waals surface area contributed by atoms with Gasteiger partial charge in [0.25, 0.3) is 0 Å². The van der Waals surface area contributed by atoms with Gasteiger partial charge in [0.1, 0.15) is 12.7 Å². The molecule has 0 rings (SSSR count). The topological polar surface area (TPSA) is 55.0 Å². The Kier molecular flexibility index (Phi) is 10.1. The van der Waals surface area contributed by atoms with Crippen LogP contribution in [0.1, 0.15) is 13.8 Å². The average molecular weight is 221 g/mol. The molecule has 0 radical (unpaired) electrons. The van der Waals surface area contributed by atoms with E-state index in [0.29, 0.717) is 13.2 Å². The van der Waals surface area contributed by atoms with Gasteiger partial charge in [-0.15, -0.1) is 5.17 Å². The van der Waals surface area contributed by atoms with Crippen LogP contribution in [0.25, 0.3) is 0 Å². The van der Waals surface area contributed by atoms with Gasteiger partial charge >= 0.3 is 0 Å². The monoisotopic (exact) mass is 221 g/mol. The van der Waals surface area contributed by atoms with Crippen LogP contribution in [0.4, 0.5) is 0 Å². The molecular weight excluding hydrogens is 198 g/mol. The van der Waals surface area contributed by atoms with Crippen molar-refractivity contribution in [2.75, 3.05) is 40.5 Å². The minimum absolute atomic E-state index is 0.118. The molecule has 0 saturated carbocycles. The molecule has 0 aliphatic rings. The smallest absolute Gasteiger partial charge is 0.128 e. The number of hydrogen-bond acceptors (Lipinski definition) is 6. The van der Waals surface area contributed by atoms with Gasteiger partial charge in [-0.2, -0.15) is 0 Å². The molecule has 0 aliphatic carbocycles. The second-order valence-electron chi connectivity index (χ2n) is 2.90. The van der Waals surface area contributed by atoms with E-state index < -0.39 is 0 Å². The van der Waals surface area contributed by atoms with Crippen molar-refractivity contribution in [2.24, 2.45) is 0 Å². The van der Waals surface area contributed by atoms with Gasteiger partial charge in [-0.1, -0.05) is 6.92 Å². The van der Waals surface area contributed by atoms with Crippen LogP contribution in [0.3, 0.4) is 0 Å². The number of hydrazine groups is 1. The van der Waals surface area contributed by atoms with Gasteiger partial charge in [0.2, 0.25) is 0 Å². The molecular formula is C9H23N3O3. The third kappa shape index (κ3) is 7.66. The normalized spacial score (nSPS) is 13.4. The van der Waals surface area contributed by atoms with Crippen molar-refractivity contribution in [3.8, 4) is 0 Å². The number of nitrogens with one attached hydrogen (secondary N) is 2. The maximum absolute atomic E-state index is 5.48. The number of rotatable bonds is 10. The molecule has 0 amide bonds. The van der Waals surface area contributed by atoms with E-state index in [-0.39, 0.29) is 6.10 Å². The first-order valence-corrected chi connectivity index (χ1v) is 5.23.